The summed E-state index contributed by atoms with van der Waals surface area (Å²) in [7, 11) is 0. The highest BCUT2D eigenvalue weighted by molar-refractivity contribution is 5.91. The van der Waals surface area contributed by atoms with Crippen LogP contribution in [0.4, 0.5) is 0 Å². The van der Waals surface area contributed by atoms with Crippen LogP contribution in [0.15, 0.2) is 12.2 Å². The van der Waals surface area contributed by atoms with Crippen LogP contribution in [-0.2, 0) is 28.7 Å². The van der Waals surface area contributed by atoms with E-state index < -0.39 is 11.9 Å². The minimum atomic E-state index is -0.744. The molecular weight excluding hydrogens is 340 g/mol. The molecule has 0 aromatic carbocycles. The number of carbonyl (C=O) groups is 4. The highest BCUT2D eigenvalue weighted by atomic mass is 16.5. The smallest absolute Gasteiger partial charge is 0.332 e. The van der Waals surface area contributed by atoms with E-state index in [0.29, 0.717) is 13.0 Å². The van der Waals surface area contributed by atoms with Crippen LogP contribution in [-0.4, -0.2) is 43.6 Å². The average Bonchev–Trinajstić information content (AvgIpc) is 2.58. The van der Waals surface area contributed by atoms with Gasteiger partial charge in [-0.3, -0.25) is 9.59 Å². The van der Waals surface area contributed by atoms with Crippen molar-refractivity contribution in [2.75, 3.05) is 19.9 Å². The first-order valence-electron chi connectivity index (χ1n) is 8.81. The second-order valence-electron chi connectivity index (χ2n) is 6.31. The van der Waals surface area contributed by atoms with Crippen LogP contribution in [0.1, 0.15) is 47.0 Å². The Morgan fingerprint density at radius 1 is 0.769 bits per heavy atom. The Balaban J connectivity index is 3.69. The van der Waals surface area contributed by atoms with E-state index in [1.165, 1.54) is 0 Å². The zero-order chi connectivity index (χ0) is 19.9. The van der Waals surface area contributed by atoms with E-state index in [0.717, 1.165) is 25.0 Å². The van der Waals surface area contributed by atoms with Crippen molar-refractivity contribution in [3.05, 3.63) is 12.2 Å². The summed E-state index contributed by atoms with van der Waals surface area (Å²) in [4.78, 5) is 45.4. The minimum Gasteiger partial charge on any atom is -0.463 e. The van der Waals surface area contributed by atoms with Crippen molar-refractivity contribution in [2.24, 2.45) is 11.8 Å². The highest BCUT2D eigenvalue weighted by Gasteiger charge is 2.07. The van der Waals surface area contributed by atoms with E-state index in [-0.39, 0.29) is 37.0 Å². The summed E-state index contributed by atoms with van der Waals surface area (Å²) in [5, 5.41) is 5.22. The fraction of sp³-hybridized carbons (Fsp3) is 0.667. The molecule has 0 aromatic heterocycles. The molecule has 8 heteroatoms. The van der Waals surface area contributed by atoms with E-state index in [4.69, 9.17) is 9.47 Å². The Morgan fingerprint density at radius 3 is 1.88 bits per heavy atom. The number of amides is 2. The second kappa shape index (κ2) is 13.9. The molecule has 148 valence electrons. The molecule has 0 radical (unpaired) electrons. The number of nitrogens with one attached hydrogen (secondary N) is 2. The van der Waals surface area contributed by atoms with Crippen molar-refractivity contribution in [2.45, 2.75) is 47.0 Å². The lowest BCUT2D eigenvalue weighted by Crippen LogP contribution is -2.30. The van der Waals surface area contributed by atoms with Crippen LogP contribution >= 0.6 is 0 Å². The van der Waals surface area contributed by atoms with Gasteiger partial charge in [0.1, 0.15) is 0 Å². The van der Waals surface area contributed by atoms with Crippen molar-refractivity contribution in [1.29, 1.82) is 0 Å². The van der Waals surface area contributed by atoms with Gasteiger partial charge in [0.25, 0.3) is 0 Å². The summed E-state index contributed by atoms with van der Waals surface area (Å²) in [6.45, 7) is 7.69. The summed E-state index contributed by atoms with van der Waals surface area (Å²) in [6, 6.07) is 0. The maximum absolute atomic E-state index is 11.4. The van der Waals surface area contributed by atoms with Crippen LogP contribution in [0.5, 0.6) is 0 Å². The molecule has 0 aromatic rings. The normalized spacial score (nSPS) is 10.8. The van der Waals surface area contributed by atoms with E-state index in [2.05, 4.69) is 10.6 Å². The zero-order valence-corrected chi connectivity index (χ0v) is 16.0. The molecule has 0 rings (SSSR count). The molecule has 0 unspecified atom stereocenters. The van der Waals surface area contributed by atoms with Gasteiger partial charge in [0.15, 0.2) is 6.73 Å². The van der Waals surface area contributed by atoms with Crippen LogP contribution in [0, 0.1) is 11.8 Å². The average molecular weight is 370 g/mol. The standard InChI is InChI=1S/C18H30N2O6/c1-13(2)17(23)19-10-6-5-7-11-25-15(21)8-9-16(22)26-12-20-18(24)14(3)4/h8-9,13-14H,5-7,10-12H2,1-4H3,(H,19,23)(H,20,24)/b9-8+. The Labute approximate surface area is 154 Å². The van der Waals surface area contributed by atoms with Gasteiger partial charge in [0.2, 0.25) is 11.8 Å². The molecule has 0 aliphatic carbocycles. The number of ether oxygens (including phenoxy) is 2. The molecule has 2 N–H and O–H groups in total. The van der Waals surface area contributed by atoms with Crippen LogP contribution in [0.25, 0.3) is 0 Å². The first-order chi connectivity index (χ1) is 12.2. The lowest BCUT2D eigenvalue weighted by Gasteiger charge is -2.07. The van der Waals surface area contributed by atoms with Gasteiger partial charge >= 0.3 is 11.9 Å². The molecular formula is C18H30N2O6. The molecule has 0 saturated heterocycles. The number of esters is 2. The molecule has 0 fully saturated rings. The number of rotatable bonds is 12. The molecule has 0 heterocycles. The summed E-state index contributed by atoms with van der Waals surface area (Å²) in [6.07, 6.45) is 4.22. The Bertz CT molecular complexity index is 500. The minimum absolute atomic E-state index is 0.0252. The SMILES string of the molecule is CC(C)C(=O)NCCCCCOC(=O)/C=C/C(=O)OCNC(=O)C(C)C. The molecule has 0 spiro atoms. The number of hydrogen-bond donors (Lipinski definition) is 2. The Morgan fingerprint density at radius 2 is 1.31 bits per heavy atom. The van der Waals surface area contributed by atoms with Crippen molar-refractivity contribution < 1.29 is 28.7 Å². The zero-order valence-electron chi connectivity index (χ0n) is 16.0. The van der Waals surface area contributed by atoms with Crippen molar-refractivity contribution >= 4 is 23.8 Å². The molecule has 8 nitrogen and oxygen atoms in total. The van der Waals surface area contributed by atoms with Gasteiger partial charge in [0.05, 0.1) is 6.61 Å². The lowest BCUT2D eigenvalue weighted by atomic mass is 10.2. The molecule has 26 heavy (non-hydrogen) atoms. The third-order valence-electron chi connectivity index (χ3n) is 3.23. The summed E-state index contributed by atoms with van der Waals surface area (Å²) >= 11 is 0. The Hall–Kier alpha value is -2.38. The van der Waals surface area contributed by atoms with Gasteiger partial charge in [-0.1, -0.05) is 27.7 Å². The first-order valence-corrected chi connectivity index (χ1v) is 8.81. The third-order valence-corrected chi connectivity index (χ3v) is 3.23. The fourth-order valence-electron chi connectivity index (χ4n) is 1.61. The predicted molar refractivity (Wildman–Crippen MR) is 95.7 cm³/mol. The predicted octanol–water partition coefficient (Wildman–Crippen LogP) is 1.30. The van der Waals surface area contributed by atoms with Gasteiger partial charge in [-0.15, -0.1) is 0 Å². The van der Waals surface area contributed by atoms with E-state index in [1.54, 1.807) is 13.8 Å². The molecule has 0 saturated carbocycles. The second-order valence-corrected chi connectivity index (χ2v) is 6.31. The summed E-state index contributed by atoms with van der Waals surface area (Å²) in [5.41, 5.74) is 0. The quantitative estimate of drug-likeness (QED) is 0.232. The van der Waals surface area contributed by atoms with Crippen LogP contribution < -0.4 is 10.6 Å². The van der Waals surface area contributed by atoms with Gasteiger partial charge in [-0.05, 0) is 19.3 Å². The van der Waals surface area contributed by atoms with E-state index in [9.17, 15) is 19.2 Å². The highest BCUT2D eigenvalue weighted by Crippen LogP contribution is 1.97. The van der Waals surface area contributed by atoms with Gasteiger partial charge < -0.3 is 20.1 Å². The number of hydrogen-bond acceptors (Lipinski definition) is 6. The maximum atomic E-state index is 11.4. The van der Waals surface area contributed by atoms with Gasteiger partial charge in [-0.2, -0.15) is 0 Å². The molecule has 0 bridgehead atoms. The third kappa shape index (κ3) is 13.0. The van der Waals surface area contributed by atoms with Gasteiger partial charge in [0, 0.05) is 30.5 Å². The molecule has 2 amide bonds. The van der Waals surface area contributed by atoms with Crippen molar-refractivity contribution in [3.63, 3.8) is 0 Å². The van der Waals surface area contributed by atoms with Crippen LogP contribution in [0.3, 0.4) is 0 Å². The Kier molecular flexibility index (Phi) is 12.6. The molecule has 0 aliphatic heterocycles. The topological polar surface area (TPSA) is 111 Å². The molecule has 0 atom stereocenters. The van der Waals surface area contributed by atoms with Gasteiger partial charge in [-0.25, -0.2) is 9.59 Å². The fourth-order valence-corrected chi connectivity index (χ4v) is 1.61. The molecule has 0 aliphatic rings. The maximum Gasteiger partial charge on any atom is 0.332 e. The summed E-state index contributed by atoms with van der Waals surface area (Å²) in [5.74, 6) is -1.82. The van der Waals surface area contributed by atoms with Crippen molar-refractivity contribution in [1.82, 2.24) is 10.6 Å². The lowest BCUT2D eigenvalue weighted by molar-refractivity contribution is -0.142. The summed E-state index contributed by atoms with van der Waals surface area (Å²) < 4.78 is 9.66. The number of carbonyl (C=O) groups excluding carboxylic acids is 4. The monoisotopic (exact) mass is 370 g/mol. The van der Waals surface area contributed by atoms with Crippen molar-refractivity contribution in [3.8, 4) is 0 Å². The number of unbranched alkanes of at least 4 members (excludes halogenated alkanes) is 2. The van der Waals surface area contributed by atoms with E-state index in [1.807, 2.05) is 13.8 Å². The largest absolute Gasteiger partial charge is 0.463 e. The first kappa shape index (κ1) is 23.6. The van der Waals surface area contributed by atoms with Crippen LogP contribution in [0.2, 0.25) is 0 Å². The van der Waals surface area contributed by atoms with E-state index >= 15 is 0 Å².